The normalized spacial score (nSPS) is 17.9. The van der Waals surface area contributed by atoms with Gasteiger partial charge >= 0.3 is 0 Å². The van der Waals surface area contributed by atoms with E-state index in [1.54, 1.807) is 18.1 Å². The van der Waals surface area contributed by atoms with Crippen molar-refractivity contribution in [3.05, 3.63) is 22.7 Å². The molecule has 0 bridgehead atoms. The highest BCUT2D eigenvalue weighted by molar-refractivity contribution is 6.31. The number of ether oxygens (including phenoxy) is 2. The molecular weight excluding hydrogens is 278 g/mol. The molecule has 5 heteroatoms. The van der Waals surface area contributed by atoms with Gasteiger partial charge in [0.05, 0.1) is 5.69 Å². The maximum absolute atomic E-state index is 12.4. The van der Waals surface area contributed by atoms with Gasteiger partial charge in [0.2, 0.25) is 0 Å². The Morgan fingerprint density at radius 1 is 1.45 bits per heavy atom. The molecule has 0 aromatic heterocycles. The number of hydrogen-bond acceptors (Lipinski definition) is 3. The van der Waals surface area contributed by atoms with Crippen LogP contribution in [0.2, 0.25) is 5.02 Å². The first-order valence-corrected chi connectivity index (χ1v) is 7.23. The predicted molar refractivity (Wildman–Crippen MR) is 79.7 cm³/mol. The number of carbonyl (C=O) groups is 1. The van der Waals surface area contributed by atoms with Crippen molar-refractivity contribution in [2.24, 2.45) is 0 Å². The number of fused-ring (bicyclic) bond motifs is 1. The highest BCUT2D eigenvalue weighted by Gasteiger charge is 2.33. The van der Waals surface area contributed by atoms with Crippen LogP contribution in [0.4, 0.5) is 5.69 Å². The minimum absolute atomic E-state index is 0.0119. The summed E-state index contributed by atoms with van der Waals surface area (Å²) in [5.74, 6) is 0.697. The Morgan fingerprint density at radius 2 is 2.20 bits per heavy atom. The van der Waals surface area contributed by atoms with Crippen LogP contribution in [0.25, 0.3) is 0 Å². The Kier molecular flexibility index (Phi) is 4.89. The summed E-state index contributed by atoms with van der Waals surface area (Å²) in [6.07, 6.45) is 1.01. The lowest BCUT2D eigenvalue weighted by molar-refractivity contribution is -0.126. The molecule has 1 amide bonds. The summed E-state index contributed by atoms with van der Waals surface area (Å²) in [5, 5.41) is 0.657. The van der Waals surface area contributed by atoms with Gasteiger partial charge in [0.1, 0.15) is 5.75 Å². The lowest BCUT2D eigenvalue weighted by Crippen LogP contribution is -2.46. The number of rotatable bonds is 5. The second-order valence-corrected chi connectivity index (χ2v) is 5.33. The quantitative estimate of drug-likeness (QED) is 0.784. The fraction of sp³-hybridized carbons (Fsp3) is 0.533. The number of nitrogens with zero attached hydrogens (tertiary/aromatic N) is 1. The zero-order valence-corrected chi connectivity index (χ0v) is 12.9. The third-order valence-corrected chi connectivity index (χ3v) is 3.85. The molecule has 0 saturated heterocycles. The highest BCUT2D eigenvalue weighted by atomic mass is 35.5. The molecule has 0 spiro atoms. The van der Waals surface area contributed by atoms with E-state index < -0.39 is 6.10 Å². The van der Waals surface area contributed by atoms with Gasteiger partial charge in [-0.25, -0.2) is 0 Å². The van der Waals surface area contributed by atoms with Crippen molar-refractivity contribution < 1.29 is 14.3 Å². The molecule has 0 radical (unpaired) electrons. The minimum Gasteiger partial charge on any atom is -0.478 e. The summed E-state index contributed by atoms with van der Waals surface area (Å²) >= 11 is 6.14. The smallest absolute Gasteiger partial charge is 0.268 e. The molecule has 1 atom stereocenters. The van der Waals surface area contributed by atoms with Crippen molar-refractivity contribution in [2.75, 3.05) is 25.2 Å². The van der Waals surface area contributed by atoms with Crippen LogP contribution in [0.5, 0.6) is 5.75 Å². The molecule has 0 N–H and O–H groups in total. The zero-order chi connectivity index (χ0) is 14.7. The van der Waals surface area contributed by atoms with Gasteiger partial charge in [-0.2, -0.15) is 0 Å². The first-order chi connectivity index (χ1) is 9.58. The Balaban J connectivity index is 2.33. The SMILES string of the molecule is CCC1Oc2cc(Cl)c(C)cc2N(CCCOC)C1=O. The van der Waals surface area contributed by atoms with Crippen molar-refractivity contribution in [1.82, 2.24) is 0 Å². The van der Waals surface area contributed by atoms with Gasteiger partial charge < -0.3 is 14.4 Å². The number of aryl methyl sites for hydroxylation is 1. The molecular formula is C15H20ClNO3. The minimum atomic E-state index is -0.427. The van der Waals surface area contributed by atoms with Gasteiger partial charge in [-0.05, 0) is 31.4 Å². The molecule has 0 fully saturated rings. The van der Waals surface area contributed by atoms with Crippen LogP contribution < -0.4 is 9.64 Å². The van der Waals surface area contributed by atoms with Crippen LogP contribution in [0.15, 0.2) is 12.1 Å². The summed E-state index contributed by atoms with van der Waals surface area (Å²) in [6.45, 7) is 5.12. The van der Waals surface area contributed by atoms with E-state index in [0.717, 1.165) is 17.7 Å². The second-order valence-electron chi connectivity index (χ2n) is 4.92. The van der Waals surface area contributed by atoms with Crippen molar-refractivity contribution >= 4 is 23.2 Å². The molecule has 1 unspecified atom stereocenters. The molecule has 1 aromatic rings. The van der Waals surface area contributed by atoms with Crippen LogP contribution >= 0.6 is 11.6 Å². The van der Waals surface area contributed by atoms with E-state index >= 15 is 0 Å². The summed E-state index contributed by atoms with van der Waals surface area (Å²) in [5.41, 5.74) is 1.74. The number of amides is 1. The van der Waals surface area contributed by atoms with Gasteiger partial charge in [0, 0.05) is 31.4 Å². The molecule has 110 valence electrons. The first kappa shape index (κ1) is 15.1. The van der Waals surface area contributed by atoms with Gasteiger partial charge in [-0.1, -0.05) is 18.5 Å². The van der Waals surface area contributed by atoms with Gasteiger partial charge in [0.15, 0.2) is 6.10 Å². The lowest BCUT2D eigenvalue weighted by Gasteiger charge is -2.34. The summed E-state index contributed by atoms with van der Waals surface area (Å²) < 4.78 is 10.8. The van der Waals surface area contributed by atoms with Crippen LogP contribution in [-0.2, 0) is 9.53 Å². The van der Waals surface area contributed by atoms with Crippen LogP contribution in [0, 0.1) is 6.92 Å². The molecule has 1 aromatic carbocycles. The Labute approximate surface area is 124 Å². The Morgan fingerprint density at radius 3 is 2.85 bits per heavy atom. The third-order valence-electron chi connectivity index (χ3n) is 3.44. The number of halogens is 1. The molecule has 2 rings (SSSR count). The van der Waals surface area contributed by atoms with E-state index in [4.69, 9.17) is 21.1 Å². The summed E-state index contributed by atoms with van der Waals surface area (Å²) in [7, 11) is 1.66. The molecule has 0 saturated carbocycles. The molecule has 20 heavy (non-hydrogen) atoms. The molecule has 1 aliphatic rings. The number of hydrogen-bond donors (Lipinski definition) is 0. The maximum atomic E-state index is 12.4. The van der Waals surface area contributed by atoms with Crippen LogP contribution in [-0.4, -0.2) is 32.3 Å². The van der Waals surface area contributed by atoms with E-state index in [1.165, 1.54) is 0 Å². The van der Waals surface area contributed by atoms with E-state index in [-0.39, 0.29) is 5.91 Å². The number of carbonyl (C=O) groups excluding carboxylic acids is 1. The van der Waals surface area contributed by atoms with E-state index in [2.05, 4.69) is 0 Å². The summed E-state index contributed by atoms with van der Waals surface area (Å²) in [4.78, 5) is 14.2. The number of benzene rings is 1. The topological polar surface area (TPSA) is 38.8 Å². The Hall–Kier alpha value is -1.26. The lowest BCUT2D eigenvalue weighted by atomic mass is 10.1. The fourth-order valence-electron chi connectivity index (χ4n) is 2.31. The van der Waals surface area contributed by atoms with Crippen molar-refractivity contribution in [2.45, 2.75) is 32.8 Å². The number of methoxy groups -OCH3 is 1. The van der Waals surface area contributed by atoms with Crippen molar-refractivity contribution in [3.63, 3.8) is 0 Å². The summed E-state index contributed by atoms with van der Waals surface area (Å²) in [6, 6.07) is 3.71. The molecule has 4 nitrogen and oxygen atoms in total. The zero-order valence-electron chi connectivity index (χ0n) is 12.1. The van der Waals surface area contributed by atoms with E-state index in [0.29, 0.717) is 30.3 Å². The molecule has 1 heterocycles. The first-order valence-electron chi connectivity index (χ1n) is 6.85. The molecule has 1 aliphatic heterocycles. The van der Waals surface area contributed by atoms with E-state index in [1.807, 2.05) is 19.9 Å². The fourth-order valence-corrected chi connectivity index (χ4v) is 2.46. The van der Waals surface area contributed by atoms with Crippen molar-refractivity contribution in [3.8, 4) is 5.75 Å². The molecule has 0 aliphatic carbocycles. The highest BCUT2D eigenvalue weighted by Crippen LogP contribution is 2.38. The average molecular weight is 298 g/mol. The Bertz CT molecular complexity index is 504. The van der Waals surface area contributed by atoms with Crippen molar-refractivity contribution in [1.29, 1.82) is 0 Å². The number of anilines is 1. The van der Waals surface area contributed by atoms with E-state index in [9.17, 15) is 4.79 Å². The monoisotopic (exact) mass is 297 g/mol. The largest absolute Gasteiger partial charge is 0.478 e. The third kappa shape index (κ3) is 2.91. The van der Waals surface area contributed by atoms with Gasteiger partial charge in [-0.15, -0.1) is 0 Å². The standard InChI is InChI=1S/C15H20ClNO3/c1-4-13-15(18)17(6-5-7-19-3)12-8-10(2)11(16)9-14(12)20-13/h8-9,13H,4-7H2,1-3H3. The average Bonchev–Trinajstić information content (AvgIpc) is 2.43. The maximum Gasteiger partial charge on any atom is 0.268 e. The van der Waals surface area contributed by atoms with Crippen LogP contribution in [0.1, 0.15) is 25.3 Å². The van der Waals surface area contributed by atoms with Crippen LogP contribution in [0.3, 0.4) is 0 Å². The van der Waals surface area contributed by atoms with Gasteiger partial charge in [-0.3, -0.25) is 4.79 Å². The second kappa shape index (κ2) is 6.46. The predicted octanol–water partition coefficient (Wildman–Crippen LogP) is 3.19. The van der Waals surface area contributed by atoms with Gasteiger partial charge in [0.25, 0.3) is 5.91 Å².